The summed E-state index contributed by atoms with van der Waals surface area (Å²) in [5.74, 6) is 3.92. The Kier molecular flexibility index (Phi) is 2.92. The third-order valence-corrected chi connectivity index (χ3v) is 5.41. The Morgan fingerprint density at radius 1 is 0.938 bits per heavy atom. The van der Waals surface area contributed by atoms with Crippen LogP contribution in [0.2, 0.25) is 0 Å². The summed E-state index contributed by atoms with van der Waals surface area (Å²) in [6.45, 7) is 14.9. The van der Waals surface area contributed by atoms with Crippen LogP contribution < -0.4 is 0 Å². The molecule has 0 heteroatoms. The lowest BCUT2D eigenvalue weighted by molar-refractivity contribution is 0.149. The molecule has 2 aliphatic rings. The van der Waals surface area contributed by atoms with Crippen LogP contribution in [-0.4, -0.2) is 0 Å². The first-order valence-corrected chi connectivity index (χ1v) is 7.21. The topological polar surface area (TPSA) is 0 Å². The van der Waals surface area contributed by atoms with Gasteiger partial charge >= 0.3 is 0 Å². The lowest BCUT2D eigenvalue weighted by Gasteiger charge is -2.34. The van der Waals surface area contributed by atoms with Gasteiger partial charge in [-0.3, -0.25) is 0 Å². The van der Waals surface area contributed by atoms with Gasteiger partial charge in [0, 0.05) is 0 Å². The fourth-order valence-corrected chi connectivity index (χ4v) is 5.20. The fraction of sp³-hybridized carbons (Fsp3) is 1.00. The molecule has 0 aromatic heterocycles. The Labute approximate surface area is 102 Å². The van der Waals surface area contributed by atoms with E-state index in [9.17, 15) is 0 Å². The van der Waals surface area contributed by atoms with Gasteiger partial charge in [-0.25, -0.2) is 0 Å². The predicted octanol–water partition coefficient (Wildman–Crippen LogP) is 5.13. The molecule has 2 fully saturated rings. The standard InChI is InChI=1S/C16H30/c1-11-7-12(2)13(8-11)14-9-15(3,4)10-16(14,5)6/h11-14H,7-10H2,1-6H3/t11-,12-,13?,14?/m1/s1. The van der Waals surface area contributed by atoms with Crippen molar-refractivity contribution in [1.29, 1.82) is 0 Å². The molecular formula is C16H30. The Morgan fingerprint density at radius 2 is 1.56 bits per heavy atom. The van der Waals surface area contributed by atoms with Crippen molar-refractivity contribution in [2.45, 2.75) is 67.2 Å². The summed E-state index contributed by atoms with van der Waals surface area (Å²) >= 11 is 0. The van der Waals surface area contributed by atoms with E-state index in [1.165, 1.54) is 25.7 Å². The Morgan fingerprint density at radius 3 is 1.94 bits per heavy atom. The average molecular weight is 222 g/mol. The van der Waals surface area contributed by atoms with Gasteiger partial charge in [0.2, 0.25) is 0 Å². The van der Waals surface area contributed by atoms with Crippen LogP contribution in [0.15, 0.2) is 0 Å². The minimum absolute atomic E-state index is 0.576. The van der Waals surface area contributed by atoms with Gasteiger partial charge in [0.1, 0.15) is 0 Å². The SMILES string of the molecule is C[C@H]1CC(C2CC(C)(C)CC2(C)C)[C@H](C)C1. The minimum Gasteiger partial charge on any atom is -0.0625 e. The van der Waals surface area contributed by atoms with E-state index in [-0.39, 0.29) is 0 Å². The second-order valence-corrected chi connectivity index (χ2v) is 8.36. The van der Waals surface area contributed by atoms with Crippen molar-refractivity contribution in [1.82, 2.24) is 0 Å². The number of hydrogen-bond acceptors (Lipinski definition) is 0. The zero-order chi connectivity index (χ0) is 12.1. The van der Waals surface area contributed by atoms with Crippen LogP contribution in [0, 0.1) is 34.5 Å². The quantitative estimate of drug-likeness (QED) is 0.577. The molecular weight excluding hydrogens is 192 g/mol. The van der Waals surface area contributed by atoms with E-state index in [1.807, 2.05) is 0 Å². The van der Waals surface area contributed by atoms with Crippen LogP contribution in [0.4, 0.5) is 0 Å². The molecule has 2 unspecified atom stereocenters. The monoisotopic (exact) mass is 222 g/mol. The summed E-state index contributed by atoms with van der Waals surface area (Å²) in [6.07, 6.45) is 5.84. The molecule has 0 aliphatic heterocycles. The molecule has 0 saturated heterocycles. The third kappa shape index (κ3) is 2.17. The first-order chi connectivity index (χ1) is 7.21. The lowest BCUT2D eigenvalue weighted by atomic mass is 9.71. The highest BCUT2D eigenvalue weighted by Crippen LogP contribution is 2.59. The van der Waals surface area contributed by atoms with Gasteiger partial charge in [-0.05, 0) is 60.2 Å². The molecule has 0 N–H and O–H groups in total. The molecule has 0 amide bonds. The van der Waals surface area contributed by atoms with Crippen LogP contribution >= 0.6 is 0 Å². The molecule has 4 atom stereocenters. The molecule has 0 nitrogen and oxygen atoms in total. The van der Waals surface area contributed by atoms with Gasteiger partial charge in [0.15, 0.2) is 0 Å². The molecule has 16 heavy (non-hydrogen) atoms. The highest BCUT2D eigenvalue weighted by Gasteiger charge is 2.50. The first-order valence-electron chi connectivity index (χ1n) is 7.21. The Bertz CT molecular complexity index is 261. The molecule has 0 aromatic carbocycles. The van der Waals surface area contributed by atoms with Crippen LogP contribution in [0.25, 0.3) is 0 Å². The van der Waals surface area contributed by atoms with Gasteiger partial charge < -0.3 is 0 Å². The van der Waals surface area contributed by atoms with E-state index in [1.54, 1.807) is 0 Å². The van der Waals surface area contributed by atoms with Crippen molar-refractivity contribution in [3.8, 4) is 0 Å². The van der Waals surface area contributed by atoms with E-state index < -0.39 is 0 Å². The van der Waals surface area contributed by atoms with E-state index in [0.29, 0.717) is 10.8 Å². The summed E-state index contributed by atoms with van der Waals surface area (Å²) in [7, 11) is 0. The zero-order valence-electron chi connectivity index (χ0n) is 12.1. The van der Waals surface area contributed by atoms with Gasteiger partial charge in [0.25, 0.3) is 0 Å². The van der Waals surface area contributed by atoms with Crippen molar-refractivity contribution in [2.75, 3.05) is 0 Å². The molecule has 2 rings (SSSR count). The maximum Gasteiger partial charge on any atom is -0.0318 e. The molecule has 0 aromatic rings. The second-order valence-electron chi connectivity index (χ2n) is 8.36. The van der Waals surface area contributed by atoms with Gasteiger partial charge in [-0.2, -0.15) is 0 Å². The molecule has 94 valence electrons. The van der Waals surface area contributed by atoms with Crippen molar-refractivity contribution < 1.29 is 0 Å². The predicted molar refractivity (Wildman–Crippen MR) is 71.3 cm³/mol. The maximum atomic E-state index is 2.52. The largest absolute Gasteiger partial charge is 0.0625 e. The van der Waals surface area contributed by atoms with Crippen molar-refractivity contribution >= 4 is 0 Å². The summed E-state index contributed by atoms with van der Waals surface area (Å²) < 4.78 is 0. The van der Waals surface area contributed by atoms with Crippen molar-refractivity contribution in [3.05, 3.63) is 0 Å². The van der Waals surface area contributed by atoms with Gasteiger partial charge in [-0.15, -0.1) is 0 Å². The molecule has 0 spiro atoms. The van der Waals surface area contributed by atoms with Crippen molar-refractivity contribution in [3.63, 3.8) is 0 Å². The Balaban J connectivity index is 2.15. The molecule has 2 aliphatic carbocycles. The van der Waals surface area contributed by atoms with Crippen LogP contribution in [-0.2, 0) is 0 Å². The summed E-state index contributed by atoms with van der Waals surface area (Å²) in [5, 5.41) is 0. The smallest absolute Gasteiger partial charge is 0.0318 e. The minimum atomic E-state index is 0.576. The zero-order valence-corrected chi connectivity index (χ0v) is 12.1. The van der Waals surface area contributed by atoms with Gasteiger partial charge in [0.05, 0.1) is 0 Å². The molecule has 0 bridgehead atoms. The maximum absolute atomic E-state index is 2.52. The summed E-state index contributed by atoms with van der Waals surface area (Å²) in [4.78, 5) is 0. The van der Waals surface area contributed by atoms with Crippen LogP contribution in [0.3, 0.4) is 0 Å². The molecule has 0 radical (unpaired) electrons. The molecule has 2 saturated carbocycles. The summed E-state index contributed by atoms with van der Waals surface area (Å²) in [6, 6.07) is 0. The normalized spacial score (nSPS) is 46.1. The van der Waals surface area contributed by atoms with E-state index in [0.717, 1.165) is 23.7 Å². The highest BCUT2D eigenvalue weighted by molar-refractivity contribution is 4.99. The fourth-order valence-electron chi connectivity index (χ4n) is 5.20. The van der Waals surface area contributed by atoms with Crippen molar-refractivity contribution in [2.24, 2.45) is 34.5 Å². The summed E-state index contributed by atoms with van der Waals surface area (Å²) in [5.41, 5.74) is 1.16. The van der Waals surface area contributed by atoms with E-state index in [4.69, 9.17) is 0 Å². The highest BCUT2D eigenvalue weighted by atomic mass is 14.5. The van der Waals surface area contributed by atoms with E-state index in [2.05, 4.69) is 41.5 Å². The van der Waals surface area contributed by atoms with Gasteiger partial charge in [-0.1, -0.05) is 41.5 Å². The Hall–Kier alpha value is 0. The lowest BCUT2D eigenvalue weighted by Crippen LogP contribution is -2.27. The second kappa shape index (κ2) is 3.75. The number of hydrogen-bond donors (Lipinski definition) is 0. The first kappa shape index (κ1) is 12.5. The molecule has 0 heterocycles. The third-order valence-electron chi connectivity index (χ3n) is 5.41. The van der Waals surface area contributed by atoms with E-state index >= 15 is 0 Å². The number of rotatable bonds is 1. The average Bonchev–Trinajstić information content (AvgIpc) is 2.48. The van der Waals surface area contributed by atoms with Crippen LogP contribution in [0.1, 0.15) is 67.2 Å². The van der Waals surface area contributed by atoms with Crippen LogP contribution in [0.5, 0.6) is 0 Å².